The van der Waals surface area contributed by atoms with Crippen LogP contribution in [0.4, 0.5) is 0 Å². The quantitative estimate of drug-likeness (QED) is 0.617. The SMILES string of the molecule is CSc1ccc2c(n1)CCC2=O. The molecule has 1 aromatic heterocycles. The molecule has 0 unspecified atom stereocenters. The van der Waals surface area contributed by atoms with Gasteiger partial charge in [-0.3, -0.25) is 4.79 Å². The summed E-state index contributed by atoms with van der Waals surface area (Å²) in [7, 11) is 0. The highest BCUT2D eigenvalue weighted by Gasteiger charge is 2.20. The van der Waals surface area contributed by atoms with E-state index >= 15 is 0 Å². The van der Waals surface area contributed by atoms with Crippen molar-refractivity contribution in [3.05, 3.63) is 23.4 Å². The number of ketones is 1. The van der Waals surface area contributed by atoms with E-state index < -0.39 is 0 Å². The molecule has 0 saturated heterocycles. The third-order valence-electron chi connectivity index (χ3n) is 2.05. The minimum Gasteiger partial charge on any atom is -0.294 e. The average Bonchev–Trinajstić information content (AvgIpc) is 2.47. The van der Waals surface area contributed by atoms with Crippen molar-refractivity contribution >= 4 is 17.5 Å². The Morgan fingerprint density at radius 1 is 1.42 bits per heavy atom. The van der Waals surface area contributed by atoms with Crippen LogP contribution in [0, 0.1) is 0 Å². The van der Waals surface area contributed by atoms with Gasteiger partial charge in [0.15, 0.2) is 5.78 Å². The van der Waals surface area contributed by atoms with Gasteiger partial charge in [-0.15, -0.1) is 11.8 Å². The van der Waals surface area contributed by atoms with Gasteiger partial charge in [0.1, 0.15) is 0 Å². The highest BCUT2D eigenvalue weighted by Crippen LogP contribution is 2.22. The van der Waals surface area contributed by atoms with E-state index in [4.69, 9.17) is 0 Å². The van der Waals surface area contributed by atoms with Crippen LogP contribution >= 0.6 is 11.8 Å². The van der Waals surface area contributed by atoms with Crippen LogP contribution in [0.15, 0.2) is 17.2 Å². The lowest BCUT2D eigenvalue weighted by Gasteiger charge is -1.98. The molecule has 1 aliphatic rings. The van der Waals surface area contributed by atoms with Crippen molar-refractivity contribution in [3.8, 4) is 0 Å². The van der Waals surface area contributed by atoms with Crippen molar-refractivity contribution in [3.63, 3.8) is 0 Å². The molecule has 3 heteroatoms. The van der Waals surface area contributed by atoms with E-state index in [0.29, 0.717) is 6.42 Å². The van der Waals surface area contributed by atoms with E-state index in [-0.39, 0.29) is 5.78 Å². The maximum atomic E-state index is 11.2. The number of thioether (sulfide) groups is 1. The second-order valence-corrected chi connectivity index (χ2v) is 3.60. The summed E-state index contributed by atoms with van der Waals surface area (Å²) in [6.07, 6.45) is 3.45. The summed E-state index contributed by atoms with van der Waals surface area (Å²) in [5.74, 6) is 0.241. The van der Waals surface area contributed by atoms with Crippen LogP contribution < -0.4 is 0 Å². The Bertz CT molecular complexity index is 335. The minimum atomic E-state index is 0.241. The fourth-order valence-corrected chi connectivity index (χ4v) is 1.81. The normalized spacial score (nSPS) is 14.9. The second kappa shape index (κ2) is 2.90. The number of pyridine rings is 1. The first-order valence-corrected chi connectivity index (χ1v) is 5.11. The maximum Gasteiger partial charge on any atom is 0.165 e. The molecule has 0 radical (unpaired) electrons. The Labute approximate surface area is 75.4 Å². The number of aromatic nitrogens is 1. The van der Waals surface area contributed by atoms with Crippen LogP contribution in [0.1, 0.15) is 22.5 Å². The number of carbonyl (C=O) groups is 1. The van der Waals surface area contributed by atoms with Gasteiger partial charge in [0, 0.05) is 12.0 Å². The average molecular weight is 179 g/mol. The largest absolute Gasteiger partial charge is 0.294 e. The van der Waals surface area contributed by atoms with Crippen molar-refractivity contribution in [1.82, 2.24) is 4.98 Å². The summed E-state index contributed by atoms with van der Waals surface area (Å²) in [6, 6.07) is 3.80. The van der Waals surface area contributed by atoms with Crippen LogP contribution in [0.25, 0.3) is 0 Å². The lowest BCUT2D eigenvalue weighted by Crippen LogP contribution is -1.93. The summed E-state index contributed by atoms with van der Waals surface area (Å²) in [4.78, 5) is 15.6. The molecule has 0 saturated carbocycles. The maximum absolute atomic E-state index is 11.2. The molecule has 0 spiro atoms. The van der Waals surface area contributed by atoms with Gasteiger partial charge in [-0.2, -0.15) is 0 Å². The fraction of sp³-hybridized carbons (Fsp3) is 0.333. The first-order valence-electron chi connectivity index (χ1n) is 3.88. The molecule has 0 N–H and O–H groups in total. The van der Waals surface area contributed by atoms with Crippen molar-refractivity contribution in [2.45, 2.75) is 17.9 Å². The summed E-state index contributed by atoms with van der Waals surface area (Å²) < 4.78 is 0. The molecule has 0 fully saturated rings. The molecule has 1 aromatic rings. The van der Waals surface area contributed by atoms with Crippen LogP contribution in [0.3, 0.4) is 0 Å². The Kier molecular flexibility index (Phi) is 1.89. The van der Waals surface area contributed by atoms with E-state index in [1.165, 1.54) is 0 Å². The van der Waals surface area contributed by atoms with E-state index in [1.54, 1.807) is 11.8 Å². The van der Waals surface area contributed by atoms with Crippen molar-refractivity contribution in [2.24, 2.45) is 0 Å². The van der Waals surface area contributed by atoms with Gasteiger partial charge in [0.2, 0.25) is 0 Å². The molecule has 2 rings (SSSR count). The van der Waals surface area contributed by atoms with E-state index in [9.17, 15) is 4.79 Å². The number of hydrogen-bond acceptors (Lipinski definition) is 3. The molecule has 1 aliphatic carbocycles. The monoisotopic (exact) mass is 179 g/mol. The summed E-state index contributed by atoms with van der Waals surface area (Å²) >= 11 is 1.61. The lowest BCUT2D eigenvalue weighted by atomic mass is 10.2. The Morgan fingerprint density at radius 3 is 3.00 bits per heavy atom. The van der Waals surface area contributed by atoms with Gasteiger partial charge in [0.25, 0.3) is 0 Å². The molecular formula is C9H9NOS. The number of aryl methyl sites for hydroxylation is 1. The first-order chi connectivity index (χ1) is 5.81. The van der Waals surface area contributed by atoms with Crippen LogP contribution in [-0.2, 0) is 6.42 Å². The Morgan fingerprint density at radius 2 is 2.25 bits per heavy atom. The molecule has 0 amide bonds. The van der Waals surface area contributed by atoms with Gasteiger partial charge >= 0.3 is 0 Å². The van der Waals surface area contributed by atoms with E-state index in [1.807, 2.05) is 18.4 Å². The van der Waals surface area contributed by atoms with E-state index in [0.717, 1.165) is 22.7 Å². The van der Waals surface area contributed by atoms with Crippen LogP contribution in [-0.4, -0.2) is 17.0 Å². The number of carbonyl (C=O) groups excluding carboxylic acids is 1. The molecule has 1 heterocycles. The standard InChI is InChI=1S/C9H9NOS/c1-12-9-5-2-6-7(10-9)3-4-8(6)11/h2,5H,3-4H2,1H3. The zero-order chi connectivity index (χ0) is 8.55. The topological polar surface area (TPSA) is 30.0 Å². The van der Waals surface area contributed by atoms with Gasteiger partial charge in [-0.05, 0) is 24.8 Å². The summed E-state index contributed by atoms with van der Waals surface area (Å²) in [5.41, 5.74) is 1.81. The number of fused-ring (bicyclic) bond motifs is 1. The number of nitrogens with zero attached hydrogens (tertiary/aromatic N) is 1. The predicted octanol–water partition coefficient (Wildman–Crippen LogP) is 1.93. The first kappa shape index (κ1) is 7.80. The summed E-state index contributed by atoms with van der Waals surface area (Å²) in [5, 5.41) is 1.00. The molecule has 0 atom stereocenters. The third kappa shape index (κ3) is 1.14. The molecule has 62 valence electrons. The van der Waals surface area contributed by atoms with Gasteiger partial charge in [-0.1, -0.05) is 0 Å². The van der Waals surface area contributed by atoms with Gasteiger partial charge < -0.3 is 0 Å². The lowest BCUT2D eigenvalue weighted by molar-refractivity contribution is 0.0994. The van der Waals surface area contributed by atoms with Gasteiger partial charge in [0.05, 0.1) is 10.7 Å². The Hall–Kier alpha value is -0.830. The second-order valence-electron chi connectivity index (χ2n) is 2.77. The molecular weight excluding hydrogens is 170 g/mol. The minimum absolute atomic E-state index is 0.241. The smallest absolute Gasteiger partial charge is 0.165 e. The van der Waals surface area contributed by atoms with Crippen LogP contribution in [0.5, 0.6) is 0 Å². The van der Waals surface area contributed by atoms with Crippen molar-refractivity contribution in [1.29, 1.82) is 0 Å². The number of rotatable bonds is 1. The molecule has 0 aliphatic heterocycles. The Balaban J connectivity index is 2.48. The number of hydrogen-bond donors (Lipinski definition) is 0. The van der Waals surface area contributed by atoms with E-state index in [2.05, 4.69) is 4.98 Å². The zero-order valence-corrected chi connectivity index (χ0v) is 7.65. The fourth-order valence-electron chi connectivity index (χ4n) is 1.41. The highest BCUT2D eigenvalue weighted by atomic mass is 32.2. The summed E-state index contributed by atoms with van der Waals surface area (Å²) in [6.45, 7) is 0. The highest BCUT2D eigenvalue weighted by molar-refractivity contribution is 7.98. The molecule has 0 aromatic carbocycles. The van der Waals surface area contributed by atoms with Gasteiger partial charge in [-0.25, -0.2) is 4.98 Å². The zero-order valence-electron chi connectivity index (χ0n) is 6.83. The molecule has 12 heavy (non-hydrogen) atoms. The third-order valence-corrected chi connectivity index (χ3v) is 2.69. The number of Topliss-reactive ketones (excluding diaryl/α,β-unsaturated/α-hetero) is 1. The van der Waals surface area contributed by atoms with Crippen molar-refractivity contribution in [2.75, 3.05) is 6.26 Å². The van der Waals surface area contributed by atoms with Crippen molar-refractivity contribution < 1.29 is 4.79 Å². The molecule has 0 bridgehead atoms. The van der Waals surface area contributed by atoms with Crippen LogP contribution in [0.2, 0.25) is 0 Å². The molecule has 2 nitrogen and oxygen atoms in total. The predicted molar refractivity (Wildman–Crippen MR) is 48.7 cm³/mol.